The number of aliphatic hydroxyl groups is 1. The molecular weight excluding hydrogens is 335 g/mol. The van der Waals surface area contributed by atoms with E-state index >= 15 is 0 Å². The summed E-state index contributed by atoms with van der Waals surface area (Å²) in [5.41, 5.74) is -0.0739. The first-order chi connectivity index (χ1) is 12.5. The van der Waals surface area contributed by atoms with Crippen LogP contribution >= 0.6 is 0 Å². The van der Waals surface area contributed by atoms with Gasteiger partial charge < -0.3 is 14.9 Å². The molecule has 1 aliphatic carbocycles. The quantitative estimate of drug-likeness (QED) is 0.884. The number of hydrogen-bond donors (Lipinski definition) is 1. The number of aliphatic hydroxyl groups excluding tert-OH is 1. The molecule has 1 amide bonds. The number of halogens is 1. The number of carbonyl (C=O) groups is 1. The predicted octanol–water partition coefficient (Wildman–Crippen LogP) is 1.77. The molecule has 1 atom stereocenters. The molecule has 1 aromatic rings. The van der Waals surface area contributed by atoms with Crippen molar-refractivity contribution in [1.82, 2.24) is 14.9 Å². The molecule has 7 heteroatoms. The van der Waals surface area contributed by atoms with Crippen LogP contribution in [-0.2, 0) is 11.2 Å². The van der Waals surface area contributed by atoms with Crippen molar-refractivity contribution in [3.63, 3.8) is 0 Å². The zero-order valence-corrected chi connectivity index (χ0v) is 15.3. The van der Waals surface area contributed by atoms with E-state index in [9.17, 15) is 14.3 Å². The summed E-state index contributed by atoms with van der Waals surface area (Å²) in [7, 11) is 0. The highest BCUT2D eigenvalue weighted by Crippen LogP contribution is 2.43. The average Bonchev–Trinajstić information content (AvgIpc) is 3.45. The summed E-state index contributed by atoms with van der Waals surface area (Å²) in [4.78, 5) is 25.0. The van der Waals surface area contributed by atoms with Crippen LogP contribution in [0, 0.1) is 17.2 Å². The highest BCUT2D eigenvalue weighted by molar-refractivity contribution is 5.84. The average molecular weight is 362 g/mol. The van der Waals surface area contributed by atoms with Crippen molar-refractivity contribution < 1.29 is 14.3 Å². The lowest BCUT2D eigenvalue weighted by Crippen LogP contribution is -2.58. The van der Waals surface area contributed by atoms with Crippen molar-refractivity contribution in [2.24, 2.45) is 11.3 Å². The van der Waals surface area contributed by atoms with Crippen LogP contribution < -0.4 is 4.90 Å². The molecule has 3 fully saturated rings. The van der Waals surface area contributed by atoms with Gasteiger partial charge in [-0.05, 0) is 44.4 Å². The maximum absolute atomic E-state index is 14.6. The summed E-state index contributed by atoms with van der Waals surface area (Å²) in [6, 6.07) is 0. The van der Waals surface area contributed by atoms with Crippen LogP contribution in [0.3, 0.4) is 0 Å². The van der Waals surface area contributed by atoms with Gasteiger partial charge in [-0.2, -0.15) is 0 Å². The van der Waals surface area contributed by atoms with Gasteiger partial charge in [0, 0.05) is 26.2 Å². The second kappa shape index (κ2) is 6.76. The fourth-order valence-electron chi connectivity index (χ4n) is 4.47. The van der Waals surface area contributed by atoms with Crippen LogP contribution in [0.2, 0.25) is 0 Å². The fourth-order valence-corrected chi connectivity index (χ4v) is 4.47. The zero-order valence-electron chi connectivity index (χ0n) is 15.3. The molecule has 0 radical (unpaired) electrons. The number of hydrogen-bond acceptors (Lipinski definition) is 5. The van der Waals surface area contributed by atoms with Gasteiger partial charge in [-0.3, -0.25) is 4.79 Å². The molecule has 0 aromatic carbocycles. The molecule has 1 saturated carbocycles. The summed E-state index contributed by atoms with van der Waals surface area (Å²) < 4.78 is 14.6. The minimum Gasteiger partial charge on any atom is -0.391 e. The summed E-state index contributed by atoms with van der Waals surface area (Å²) >= 11 is 0. The third kappa shape index (κ3) is 3.17. The second-order valence-corrected chi connectivity index (χ2v) is 8.09. The number of likely N-dealkylation sites (tertiary alicyclic amines) is 1. The molecule has 26 heavy (non-hydrogen) atoms. The van der Waals surface area contributed by atoms with E-state index in [2.05, 4.69) is 9.97 Å². The summed E-state index contributed by atoms with van der Waals surface area (Å²) in [6.45, 7) is 4.26. The molecule has 1 aromatic heterocycles. The topological polar surface area (TPSA) is 69.6 Å². The first kappa shape index (κ1) is 17.6. The molecule has 1 spiro atoms. The van der Waals surface area contributed by atoms with E-state index in [-0.39, 0.29) is 11.7 Å². The Bertz CT molecular complexity index is 684. The van der Waals surface area contributed by atoms with E-state index in [0.717, 1.165) is 6.54 Å². The van der Waals surface area contributed by atoms with Crippen LogP contribution in [0.5, 0.6) is 0 Å². The molecule has 142 valence electrons. The lowest BCUT2D eigenvalue weighted by molar-refractivity contribution is -0.154. The Labute approximate surface area is 153 Å². The van der Waals surface area contributed by atoms with E-state index in [1.165, 1.54) is 19.2 Å². The van der Waals surface area contributed by atoms with Gasteiger partial charge >= 0.3 is 0 Å². The van der Waals surface area contributed by atoms with Gasteiger partial charge in [-0.1, -0.05) is 6.92 Å². The maximum atomic E-state index is 14.6. The number of β-amino-alcohol motifs (C(OH)–C–C–N with tert-alkyl or cyclic N) is 1. The monoisotopic (exact) mass is 362 g/mol. The SMILES string of the molecule is CCc1ncnc(N2CCC3(CC2)CC(O)CN(CC2CC2)C3=O)c1F. The summed E-state index contributed by atoms with van der Waals surface area (Å²) in [5.74, 6) is 0.789. The normalized spacial score (nSPS) is 25.8. The molecule has 6 nitrogen and oxygen atoms in total. The standard InChI is InChI=1S/C19H27FN4O2/c1-2-15-16(20)17(22-12-21-15)23-7-5-19(6-8-23)9-14(25)11-24(18(19)26)10-13-3-4-13/h12-14,25H,2-11H2,1H3. The number of piperidine rings is 2. The van der Waals surface area contributed by atoms with E-state index in [4.69, 9.17) is 0 Å². The van der Waals surface area contributed by atoms with E-state index in [0.29, 0.717) is 62.7 Å². The van der Waals surface area contributed by atoms with Crippen molar-refractivity contribution in [3.05, 3.63) is 17.8 Å². The van der Waals surface area contributed by atoms with E-state index < -0.39 is 11.5 Å². The van der Waals surface area contributed by atoms with E-state index in [1.807, 2.05) is 16.7 Å². The Hall–Kier alpha value is -1.76. The number of carbonyl (C=O) groups excluding carboxylic acids is 1. The van der Waals surface area contributed by atoms with Gasteiger partial charge in [0.05, 0.1) is 17.2 Å². The van der Waals surface area contributed by atoms with Crippen LogP contribution in [0.4, 0.5) is 10.2 Å². The van der Waals surface area contributed by atoms with Crippen LogP contribution in [-0.4, -0.2) is 58.2 Å². The Morgan fingerprint density at radius 3 is 2.69 bits per heavy atom. The van der Waals surface area contributed by atoms with Gasteiger partial charge in [0.15, 0.2) is 11.6 Å². The van der Waals surface area contributed by atoms with Crippen LogP contribution in [0.25, 0.3) is 0 Å². The van der Waals surface area contributed by atoms with Crippen LogP contribution in [0.15, 0.2) is 6.33 Å². The summed E-state index contributed by atoms with van der Waals surface area (Å²) in [6.07, 6.45) is 5.65. The molecule has 0 bridgehead atoms. The Morgan fingerprint density at radius 2 is 2.04 bits per heavy atom. The minimum atomic E-state index is -0.500. The number of aromatic nitrogens is 2. The number of amides is 1. The van der Waals surface area contributed by atoms with Crippen molar-refractivity contribution in [2.45, 2.75) is 51.6 Å². The largest absolute Gasteiger partial charge is 0.391 e. The smallest absolute Gasteiger partial charge is 0.229 e. The second-order valence-electron chi connectivity index (χ2n) is 8.09. The lowest BCUT2D eigenvalue weighted by atomic mass is 9.70. The fraction of sp³-hybridized carbons (Fsp3) is 0.737. The van der Waals surface area contributed by atoms with Crippen molar-refractivity contribution in [3.8, 4) is 0 Å². The number of anilines is 1. The first-order valence-electron chi connectivity index (χ1n) is 9.74. The third-order valence-electron chi connectivity index (χ3n) is 6.17. The zero-order chi connectivity index (χ0) is 18.3. The van der Waals surface area contributed by atoms with Gasteiger partial charge in [0.25, 0.3) is 0 Å². The third-order valence-corrected chi connectivity index (χ3v) is 6.17. The van der Waals surface area contributed by atoms with E-state index in [1.54, 1.807) is 0 Å². The molecule has 2 aliphatic heterocycles. The van der Waals surface area contributed by atoms with Crippen LogP contribution in [0.1, 0.15) is 44.7 Å². The minimum absolute atomic E-state index is 0.187. The van der Waals surface area contributed by atoms with Gasteiger partial charge in [0.1, 0.15) is 6.33 Å². The van der Waals surface area contributed by atoms with Gasteiger partial charge in [-0.25, -0.2) is 14.4 Å². The number of nitrogens with zero attached hydrogens (tertiary/aromatic N) is 4. The highest BCUT2D eigenvalue weighted by atomic mass is 19.1. The lowest BCUT2D eigenvalue weighted by Gasteiger charge is -2.48. The Morgan fingerprint density at radius 1 is 1.31 bits per heavy atom. The molecule has 4 rings (SSSR count). The Balaban J connectivity index is 1.48. The Kier molecular flexibility index (Phi) is 4.59. The molecule has 1 unspecified atom stereocenters. The molecule has 3 aliphatic rings. The van der Waals surface area contributed by atoms with Crippen molar-refractivity contribution >= 4 is 11.7 Å². The summed E-state index contributed by atoms with van der Waals surface area (Å²) in [5, 5.41) is 10.4. The van der Waals surface area contributed by atoms with Crippen molar-refractivity contribution in [2.75, 3.05) is 31.1 Å². The maximum Gasteiger partial charge on any atom is 0.229 e. The molecule has 2 saturated heterocycles. The first-order valence-corrected chi connectivity index (χ1v) is 9.74. The number of rotatable bonds is 4. The number of aryl methyl sites for hydroxylation is 1. The molecular formula is C19H27FN4O2. The molecule has 3 heterocycles. The predicted molar refractivity (Wildman–Crippen MR) is 95.2 cm³/mol. The highest BCUT2D eigenvalue weighted by Gasteiger charge is 2.49. The van der Waals surface area contributed by atoms with Gasteiger partial charge in [0.2, 0.25) is 5.91 Å². The molecule has 1 N–H and O–H groups in total. The van der Waals surface area contributed by atoms with Gasteiger partial charge in [-0.15, -0.1) is 0 Å². The van der Waals surface area contributed by atoms with Crippen molar-refractivity contribution in [1.29, 1.82) is 0 Å².